The summed E-state index contributed by atoms with van der Waals surface area (Å²) in [5.41, 5.74) is 2.06. The van der Waals surface area contributed by atoms with Gasteiger partial charge in [0.1, 0.15) is 0 Å². The molecule has 0 unspecified atom stereocenters. The highest BCUT2D eigenvalue weighted by atomic mass is 16.3. The molecule has 0 aliphatic carbocycles. The molecule has 1 heterocycles. The summed E-state index contributed by atoms with van der Waals surface area (Å²) in [6, 6.07) is 11.9. The molecule has 2 heteroatoms. The molecule has 2 nitrogen and oxygen atoms in total. The van der Waals surface area contributed by atoms with Gasteiger partial charge in [-0.05, 0) is 36.8 Å². The van der Waals surface area contributed by atoms with Gasteiger partial charge < -0.3 is 9.67 Å². The van der Waals surface area contributed by atoms with Crippen LogP contribution in [-0.4, -0.2) is 9.67 Å². The van der Waals surface area contributed by atoms with E-state index in [-0.39, 0.29) is 0 Å². The number of aliphatic hydroxyl groups excluding tert-OH is 1. The van der Waals surface area contributed by atoms with Crippen LogP contribution in [0.2, 0.25) is 0 Å². The number of hydrogen-bond acceptors (Lipinski definition) is 1. The van der Waals surface area contributed by atoms with Crippen LogP contribution in [0.4, 0.5) is 0 Å². The third-order valence-electron chi connectivity index (χ3n) is 2.28. The molecule has 0 aliphatic heterocycles. The Morgan fingerprint density at radius 3 is 2.14 bits per heavy atom. The highest BCUT2D eigenvalue weighted by Crippen LogP contribution is 2.15. The molecule has 0 fully saturated rings. The van der Waals surface area contributed by atoms with Crippen molar-refractivity contribution in [1.82, 2.24) is 4.57 Å². The molecular formula is C12H13NO. The molecule has 0 bridgehead atoms. The normalized spacial score (nSPS) is 12.7. The first-order valence-electron chi connectivity index (χ1n) is 4.69. The van der Waals surface area contributed by atoms with E-state index < -0.39 is 6.10 Å². The van der Waals surface area contributed by atoms with Gasteiger partial charge >= 0.3 is 0 Å². The Balaban J connectivity index is 2.31. The van der Waals surface area contributed by atoms with Crippen LogP contribution in [0.25, 0.3) is 5.69 Å². The Bertz CT molecular complexity index is 387. The minimum Gasteiger partial charge on any atom is -0.389 e. The van der Waals surface area contributed by atoms with Gasteiger partial charge in [0.25, 0.3) is 0 Å². The largest absolute Gasteiger partial charge is 0.389 e. The smallest absolute Gasteiger partial charge is 0.0761 e. The highest BCUT2D eigenvalue weighted by molar-refractivity contribution is 5.35. The van der Waals surface area contributed by atoms with Crippen molar-refractivity contribution < 1.29 is 5.11 Å². The topological polar surface area (TPSA) is 25.2 Å². The number of rotatable bonds is 2. The first kappa shape index (κ1) is 9.03. The molecule has 14 heavy (non-hydrogen) atoms. The maximum atomic E-state index is 9.34. The summed E-state index contributed by atoms with van der Waals surface area (Å²) in [6.07, 6.45) is 3.60. The van der Waals surface area contributed by atoms with Crippen LogP contribution >= 0.6 is 0 Å². The Hall–Kier alpha value is -1.54. The maximum Gasteiger partial charge on any atom is 0.0761 e. The SMILES string of the molecule is C[C@@H](O)c1ccc(-n2cccc2)cc1. The van der Waals surface area contributed by atoms with Crippen molar-refractivity contribution in [2.75, 3.05) is 0 Å². The van der Waals surface area contributed by atoms with Crippen molar-refractivity contribution in [2.24, 2.45) is 0 Å². The Kier molecular flexibility index (Phi) is 2.37. The van der Waals surface area contributed by atoms with Crippen LogP contribution in [0.1, 0.15) is 18.6 Å². The molecule has 0 aliphatic rings. The van der Waals surface area contributed by atoms with E-state index in [1.807, 2.05) is 53.4 Å². The van der Waals surface area contributed by atoms with Crippen molar-refractivity contribution in [3.8, 4) is 5.69 Å². The van der Waals surface area contributed by atoms with Crippen LogP contribution in [-0.2, 0) is 0 Å². The third-order valence-corrected chi connectivity index (χ3v) is 2.28. The van der Waals surface area contributed by atoms with Gasteiger partial charge in [-0.3, -0.25) is 0 Å². The zero-order valence-corrected chi connectivity index (χ0v) is 8.09. The van der Waals surface area contributed by atoms with Crippen molar-refractivity contribution in [3.05, 3.63) is 54.4 Å². The number of aliphatic hydroxyl groups is 1. The third kappa shape index (κ3) is 1.70. The van der Waals surface area contributed by atoms with Crippen molar-refractivity contribution in [1.29, 1.82) is 0 Å². The van der Waals surface area contributed by atoms with Gasteiger partial charge in [-0.2, -0.15) is 0 Å². The van der Waals surface area contributed by atoms with E-state index in [0.29, 0.717) is 0 Å². The monoisotopic (exact) mass is 187 g/mol. The van der Waals surface area contributed by atoms with Crippen molar-refractivity contribution in [3.63, 3.8) is 0 Å². The molecule has 0 saturated carbocycles. The molecule has 0 saturated heterocycles. The van der Waals surface area contributed by atoms with Gasteiger partial charge in [-0.25, -0.2) is 0 Å². The second-order valence-corrected chi connectivity index (χ2v) is 3.36. The van der Waals surface area contributed by atoms with E-state index in [1.54, 1.807) is 6.92 Å². The van der Waals surface area contributed by atoms with E-state index in [9.17, 15) is 5.11 Å². The molecule has 1 N–H and O–H groups in total. The summed E-state index contributed by atoms with van der Waals surface area (Å²) in [7, 11) is 0. The van der Waals surface area contributed by atoms with Crippen molar-refractivity contribution >= 4 is 0 Å². The summed E-state index contributed by atoms with van der Waals surface area (Å²) in [5, 5.41) is 9.34. The summed E-state index contributed by atoms with van der Waals surface area (Å²) < 4.78 is 2.03. The fourth-order valence-corrected chi connectivity index (χ4v) is 1.43. The number of hydrogen-bond donors (Lipinski definition) is 1. The average Bonchev–Trinajstić information content (AvgIpc) is 2.71. The fourth-order valence-electron chi connectivity index (χ4n) is 1.43. The standard InChI is InChI=1S/C12H13NO/c1-10(14)11-4-6-12(7-5-11)13-8-2-3-9-13/h2-10,14H,1H3/t10-/m1/s1. The van der Waals surface area contributed by atoms with Gasteiger partial charge in [-0.1, -0.05) is 12.1 Å². The molecule has 72 valence electrons. The molecule has 1 aromatic carbocycles. The molecule has 0 radical (unpaired) electrons. The van der Waals surface area contributed by atoms with Gasteiger partial charge in [0.15, 0.2) is 0 Å². The molecule has 2 rings (SSSR count). The summed E-state index contributed by atoms with van der Waals surface area (Å²) in [4.78, 5) is 0. The molecule has 0 spiro atoms. The number of benzene rings is 1. The Morgan fingerprint density at radius 1 is 1.07 bits per heavy atom. The lowest BCUT2D eigenvalue weighted by molar-refractivity contribution is 0.199. The van der Waals surface area contributed by atoms with Crippen LogP contribution in [0, 0.1) is 0 Å². The molecule has 1 atom stereocenters. The first-order valence-corrected chi connectivity index (χ1v) is 4.69. The van der Waals surface area contributed by atoms with Gasteiger partial charge in [0.2, 0.25) is 0 Å². The summed E-state index contributed by atoms with van der Waals surface area (Å²) in [5.74, 6) is 0. The van der Waals surface area contributed by atoms with E-state index in [1.165, 1.54) is 0 Å². The minimum absolute atomic E-state index is 0.395. The number of aromatic nitrogens is 1. The van der Waals surface area contributed by atoms with Crippen LogP contribution < -0.4 is 0 Å². The molecule has 0 amide bonds. The second-order valence-electron chi connectivity index (χ2n) is 3.36. The van der Waals surface area contributed by atoms with Crippen LogP contribution in [0.5, 0.6) is 0 Å². The summed E-state index contributed by atoms with van der Waals surface area (Å²) in [6.45, 7) is 1.77. The highest BCUT2D eigenvalue weighted by Gasteiger charge is 2.00. The maximum absolute atomic E-state index is 9.34. The average molecular weight is 187 g/mol. The van der Waals surface area contributed by atoms with Gasteiger partial charge in [0.05, 0.1) is 6.10 Å². The van der Waals surface area contributed by atoms with Crippen LogP contribution in [0.15, 0.2) is 48.8 Å². The first-order chi connectivity index (χ1) is 6.77. The zero-order valence-electron chi connectivity index (χ0n) is 8.09. The lowest BCUT2D eigenvalue weighted by Gasteiger charge is -2.06. The van der Waals surface area contributed by atoms with E-state index >= 15 is 0 Å². The Labute approximate surface area is 83.4 Å². The molecule has 1 aromatic heterocycles. The van der Waals surface area contributed by atoms with E-state index in [0.717, 1.165) is 11.3 Å². The minimum atomic E-state index is -0.395. The lowest BCUT2D eigenvalue weighted by atomic mass is 10.1. The molecular weight excluding hydrogens is 174 g/mol. The predicted molar refractivity (Wildman–Crippen MR) is 56.4 cm³/mol. The lowest BCUT2D eigenvalue weighted by Crippen LogP contribution is -1.93. The predicted octanol–water partition coefficient (Wildman–Crippen LogP) is 2.53. The fraction of sp³-hybridized carbons (Fsp3) is 0.167. The van der Waals surface area contributed by atoms with Crippen molar-refractivity contribution in [2.45, 2.75) is 13.0 Å². The quantitative estimate of drug-likeness (QED) is 0.767. The summed E-state index contributed by atoms with van der Waals surface area (Å²) >= 11 is 0. The van der Waals surface area contributed by atoms with E-state index in [4.69, 9.17) is 0 Å². The molecule has 2 aromatic rings. The second kappa shape index (κ2) is 3.68. The van der Waals surface area contributed by atoms with E-state index in [2.05, 4.69) is 0 Å². The van der Waals surface area contributed by atoms with Gasteiger partial charge in [0, 0.05) is 18.1 Å². The number of nitrogens with zero attached hydrogens (tertiary/aromatic N) is 1. The van der Waals surface area contributed by atoms with Gasteiger partial charge in [-0.15, -0.1) is 0 Å². The Morgan fingerprint density at radius 2 is 1.64 bits per heavy atom. The zero-order chi connectivity index (χ0) is 9.97. The van der Waals surface area contributed by atoms with Crippen LogP contribution in [0.3, 0.4) is 0 Å².